The molecule has 110 valence electrons. The van der Waals surface area contributed by atoms with Gasteiger partial charge < -0.3 is 15.3 Å². The highest BCUT2D eigenvalue weighted by atomic mass is 32.2. The first-order valence-corrected chi connectivity index (χ1v) is 8.12. The van der Waals surface area contributed by atoms with E-state index in [-0.39, 0.29) is 23.9 Å². The van der Waals surface area contributed by atoms with Gasteiger partial charge in [0.1, 0.15) is 6.54 Å². The van der Waals surface area contributed by atoms with Crippen LogP contribution in [0, 0.1) is 0 Å². The SMILES string of the molecule is CC(CNC(=O)N(CC(=O)O)C1CCCC1)S(C)=O. The zero-order chi connectivity index (χ0) is 14.4. The lowest BCUT2D eigenvalue weighted by Gasteiger charge is -2.28. The van der Waals surface area contributed by atoms with Crippen molar-refractivity contribution in [1.82, 2.24) is 10.2 Å². The van der Waals surface area contributed by atoms with E-state index in [1.807, 2.05) is 0 Å². The van der Waals surface area contributed by atoms with E-state index in [4.69, 9.17) is 5.11 Å². The third kappa shape index (κ3) is 5.18. The van der Waals surface area contributed by atoms with Gasteiger partial charge in [0.15, 0.2) is 0 Å². The number of urea groups is 1. The Hall–Kier alpha value is -1.11. The van der Waals surface area contributed by atoms with E-state index in [0.717, 1.165) is 25.7 Å². The summed E-state index contributed by atoms with van der Waals surface area (Å²) in [4.78, 5) is 24.3. The van der Waals surface area contributed by atoms with Crippen LogP contribution in [-0.2, 0) is 15.6 Å². The molecule has 6 nitrogen and oxygen atoms in total. The molecule has 0 aromatic carbocycles. The van der Waals surface area contributed by atoms with Crippen LogP contribution < -0.4 is 5.32 Å². The normalized spacial score (nSPS) is 18.8. The summed E-state index contributed by atoms with van der Waals surface area (Å²) in [6.07, 6.45) is 5.36. The molecule has 0 heterocycles. The molecule has 2 amide bonds. The fourth-order valence-electron chi connectivity index (χ4n) is 2.18. The molecule has 1 rings (SSSR count). The third-order valence-corrected chi connectivity index (χ3v) is 4.74. The number of nitrogens with zero attached hydrogens (tertiary/aromatic N) is 1. The molecule has 0 aromatic heterocycles. The number of carboxylic acids is 1. The molecule has 2 unspecified atom stereocenters. The summed E-state index contributed by atoms with van der Waals surface area (Å²) in [7, 11) is -1.00. The van der Waals surface area contributed by atoms with Gasteiger partial charge in [-0.25, -0.2) is 4.79 Å². The Morgan fingerprint density at radius 2 is 2.00 bits per heavy atom. The van der Waals surface area contributed by atoms with Crippen LogP contribution in [0.1, 0.15) is 32.6 Å². The Kier molecular flexibility index (Phi) is 6.27. The lowest BCUT2D eigenvalue weighted by molar-refractivity contribution is -0.138. The fourth-order valence-corrected chi connectivity index (χ4v) is 2.50. The van der Waals surface area contributed by atoms with Crippen LogP contribution in [0.2, 0.25) is 0 Å². The lowest BCUT2D eigenvalue weighted by Crippen LogP contribution is -2.49. The van der Waals surface area contributed by atoms with Crippen molar-refractivity contribution in [2.75, 3.05) is 19.3 Å². The number of carboxylic acid groups (broad SMARTS) is 1. The summed E-state index contributed by atoms with van der Waals surface area (Å²) >= 11 is 0. The van der Waals surface area contributed by atoms with E-state index < -0.39 is 16.8 Å². The number of hydrogen-bond donors (Lipinski definition) is 2. The number of amides is 2. The Morgan fingerprint density at radius 3 is 2.47 bits per heavy atom. The van der Waals surface area contributed by atoms with Crippen molar-refractivity contribution in [3.63, 3.8) is 0 Å². The number of aliphatic carboxylic acids is 1. The van der Waals surface area contributed by atoms with Crippen LogP contribution in [0.4, 0.5) is 4.79 Å². The molecule has 0 radical (unpaired) electrons. The van der Waals surface area contributed by atoms with Crippen molar-refractivity contribution in [2.24, 2.45) is 0 Å². The zero-order valence-corrected chi connectivity index (χ0v) is 12.2. The van der Waals surface area contributed by atoms with Crippen molar-refractivity contribution >= 4 is 22.8 Å². The summed E-state index contributed by atoms with van der Waals surface area (Å²) in [6.45, 7) is 1.80. The first-order chi connectivity index (χ1) is 8.91. The maximum absolute atomic E-state index is 12.0. The second-order valence-electron chi connectivity index (χ2n) is 4.96. The predicted octanol–water partition coefficient (Wildman–Crippen LogP) is 0.792. The van der Waals surface area contributed by atoms with Crippen LogP contribution >= 0.6 is 0 Å². The van der Waals surface area contributed by atoms with Gasteiger partial charge in [0.25, 0.3) is 0 Å². The fraction of sp³-hybridized carbons (Fsp3) is 0.833. The molecular weight excluding hydrogens is 268 g/mol. The standard InChI is InChI=1S/C12H22N2O4S/c1-9(19(2)18)7-13-12(17)14(8-11(15)16)10-5-3-4-6-10/h9-10H,3-8H2,1-2H3,(H,13,17)(H,15,16). The van der Waals surface area contributed by atoms with Crippen LogP contribution in [0.15, 0.2) is 0 Å². The third-order valence-electron chi connectivity index (χ3n) is 3.44. The molecule has 0 bridgehead atoms. The first kappa shape index (κ1) is 15.9. The average Bonchev–Trinajstić information content (AvgIpc) is 2.85. The monoisotopic (exact) mass is 290 g/mol. The molecule has 7 heteroatoms. The number of hydrogen-bond acceptors (Lipinski definition) is 3. The van der Waals surface area contributed by atoms with Crippen molar-refractivity contribution in [1.29, 1.82) is 0 Å². The van der Waals surface area contributed by atoms with Gasteiger partial charge in [0, 0.05) is 34.9 Å². The molecule has 1 saturated carbocycles. The minimum Gasteiger partial charge on any atom is -0.480 e. The number of carbonyl (C=O) groups excluding carboxylic acids is 1. The summed E-state index contributed by atoms with van der Waals surface area (Å²) < 4.78 is 11.2. The van der Waals surface area contributed by atoms with E-state index >= 15 is 0 Å². The largest absolute Gasteiger partial charge is 0.480 e. The van der Waals surface area contributed by atoms with Gasteiger partial charge in [-0.15, -0.1) is 0 Å². The first-order valence-electron chi connectivity index (χ1n) is 6.50. The highest BCUT2D eigenvalue weighted by Crippen LogP contribution is 2.23. The smallest absolute Gasteiger partial charge is 0.323 e. The van der Waals surface area contributed by atoms with Crippen LogP contribution in [0.5, 0.6) is 0 Å². The molecule has 1 fully saturated rings. The molecule has 2 N–H and O–H groups in total. The van der Waals surface area contributed by atoms with Crippen molar-refractivity contribution in [3.05, 3.63) is 0 Å². The van der Waals surface area contributed by atoms with Gasteiger partial charge in [-0.3, -0.25) is 9.00 Å². The molecule has 19 heavy (non-hydrogen) atoms. The minimum absolute atomic E-state index is 0.0125. The van der Waals surface area contributed by atoms with E-state index in [1.54, 1.807) is 13.2 Å². The molecule has 2 atom stereocenters. The van der Waals surface area contributed by atoms with Crippen molar-refractivity contribution in [2.45, 2.75) is 43.9 Å². The average molecular weight is 290 g/mol. The number of rotatable bonds is 6. The lowest BCUT2D eigenvalue weighted by atomic mass is 10.2. The highest BCUT2D eigenvalue weighted by molar-refractivity contribution is 7.84. The topological polar surface area (TPSA) is 86.7 Å². The van der Waals surface area contributed by atoms with E-state index in [1.165, 1.54) is 4.90 Å². The van der Waals surface area contributed by atoms with Gasteiger partial charge >= 0.3 is 12.0 Å². The number of carbonyl (C=O) groups is 2. The molecule has 1 aliphatic carbocycles. The van der Waals surface area contributed by atoms with Gasteiger partial charge in [-0.05, 0) is 19.8 Å². The van der Waals surface area contributed by atoms with Gasteiger partial charge in [0.2, 0.25) is 0 Å². The summed E-state index contributed by atoms with van der Waals surface area (Å²) in [6, 6.07) is -0.356. The molecule has 0 saturated heterocycles. The minimum atomic E-state index is -1.01. The quantitative estimate of drug-likeness (QED) is 0.757. The molecule has 0 aromatic rings. The van der Waals surface area contributed by atoms with Crippen LogP contribution in [0.25, 0.3) is 0 Å². The maximum atomic E-state index is 12.0. The Bertz CT molecular complexity index is 356. The Balaban J connectivity index is 2.55. The van der Waals surface area contributed by atoms with Gasteiger partial charge in [-0.1, -0.05) is 12.8 Å². The van der Waals surface area contributed by atoms with Gasteiger partial charge in [0.05, 0.1) is 0 Å². The second-order valence-corrected chi connectivity index (χ2v) is 6.76. The molecule has 1 aliphatic rings. The molecule has 0 aliphatic heterocycles. The zero-order valence-electron chi connectivity index (χ0n) is 11.4. The van der Waals surface area contributed by atoms with E-state index in [9.17, 15) is 13.8 Å². The van der Waals surface area contributed by atoms with Crippen molar-refractivity contribution in [3.8, 4) is 0 Å². The van der Waals surface area contributed by atoms with Gasteiger partial charge in [-0.2, -0.15) is 0 Å². The molecule has 0 spiro atoms. The van der Waals surface area contributed by atoms with Crippen molar-refractivity contribution < 1.29 is 18.9 Å². The van der Waals surface area contributed by atoms with Crippen LogP contribution in [-0.4, -0.2) is 56.9 Å². The number of nitrogens with one attached hydrogen (secondary N) is 1. The summed E-state index contributed by atoms with van der Waals surface area (Å²) in [5.41, 5.74) is 0. The van der Waals surface area contributed by atoms with E-state index in [0.29, 0.717) is 6.54 Å². The van der Waals surface area contributed by atoms with Crippen LogP contribution in [0.3, 0.4) is 0 Å². The second kappa shape index (κ2) is 7.47. The Morgan fingerprint density at radius 1 is 1.42 bits per heavy atom. The van der Waals surface area contributed by atoms with E-state index in [2.05, 4.69) is 5.32 Å². The highest BCUT2D eigenvalue weighted by Gasteiger charge is 2.28. The Labute approximate surface area is 116 Å². The molecular formula is C12H22N2O4S. The summed E-state index contributed by atoms with van der Waals surface area (Å²) in [5, 5.41) is 11.4. The summed E-state index contributed by atoms with van der Waals surface area (Å²) in [5.74, 6) is -1.01. The maximum Gasteiger partial charge on any atom is 0.323 e. The predicted molar refractivity (Wildman–Crippen MR) is 73.5 cm³/mol.